The quantitative estimate of drug-likeness (QED) is 0.769. The van der Waals surface area contributed by atoms with Gasteiger partial charge >= 0.3 is 18.1 Å². The van der Waals surface area contributed by atoms with Gasteiger partial charge in [0, 0.05) is 24.5 Å². The van der Waals surface area contributed by atoms with Crippen LogP contribution in [0.5, 0.6) is 0 Å². The monoisotopic (exact) mass is 423 g/mol. The van der Waals surface area contributed by atoms with Crippen molar-refractivity contribution >= 4 is 23.3 Å². The molecule has 2 fully saturated rings. The lowest BCUT2D eigenvalue weighted by molar-refractivity contribution is -0.192. The van der Waals surface area contributed by atoms with Gasteiger partial charge in [-0.15, -0.1) is 11.3 Å². The number of carboxylic acid groups (broad SMARTS) is 2. The molecule has 11 heteroatoms. The molecular formula is C17H24F3N3O4S. The summed E-state index contributed by atoms with van der Waals surface area (Å²) in [6.45, 7) is 5.79. The highest BCUT2D eigenvalue weighted by Gasteiger charge is 2.38. The van der Waals surface area contributed by atoms with Crippen LogP contribution in [0.3, 0.4) is 0 Å². The van der Waals surface area contributed by atoms with Crippen LogP contribution in [-0.4, -0.2) is 74.8 Å². The van der Waals surface area contributed by atoms with Gasteiger partial charge in [-0.05, 0) is 45.7 Å². The van der Waals surface area contributed by atoms with Crippen molar-refractivity contribution in [1.29, 1.82) is 0 Å². The average molecular weight is 423 g/mol. The first-order valence-electron chi connectivity index (χ1n) is 9.00. The number of alkyl halides is 3. The number of thiazole rings is 1. The van der Waals surface area contributed by atoms with E-state index in [1.54, 1.807) is 11.3 Å². The molecule has 0 bridgehead atoms. The molecule has 1 aromatic rings. The fraction of sp³-hybridized carbons (Fsp3) is 0.706. The van der Waals surface area contributed by atoms with Crippen LogP contribution in [-0.2, 0) is 16.1 Å². The smallest absolute Gasteiger partial charge is 0.480 e. The van der Waals surface area contributed by atoms with Gasteiger partial charge in [0.1, 0.15) is 6.04 Å². The maximum atomic E-state index is 11.6. The number of nitrogens with zero attached hydrogens (tertiary/aromatic N) is 3. The molecule has 3 heterocycles. The first-order valence-corrected chi connectivity index (χ1v) is 9.88. The van der Waals surface area contributed by atoms with Gasteiger partial charge in [0.15, 0.2) is 0 Å². The maximum Gasteiger partial charge on any atom is 0.490 e. The van der Waals surface area contributed by atoms with Crippen LogP contribution in [0.15, 0.2) is 5.38 Å². The van der Waals surface area contributed by atoms with Crippen molar-refractivity contribution in [1.82, 2.24) is 14.8 Å². The van der Waals surface area contributed by atoms with Crippen LogP contribution in [0.25, 0.3) is 0 Å². The average Bonchev–Trinajstić information content (AvgIpc) is 3.27. The number of aliphatic carboxylic acids is 2. The van der Waals surface area contributed by atoms with Gasteiger partial charge in [0.2, 0.25) is 0 Å². The molecular weight excluding hydrogens is 399 g/mol. The molecule has 2 aliphatic rings. The van der Waals surface area contributed by atoms with Crippen LogP contribution >= 0.6 is 11.3 Å². The minimum Gasteiger partial charge on any atom is -0.480 e. The van der Waals surface area contributed by atoms with Crippen LogP contribution in [0.4, 0.5) is 13.2 Å². The van der Waals surface area contributed by atoms with Crippen LogP contribution in [0, 0.1) is 6.92 Å². The SMILES string of the molecule is Cc1nc(CN2CCC(N3CCCC3)CC2C(=O)O)cs1.O=C(O)C(F)(F)F. The summed E-state index contributed by atoms with van der Waals surface area (Å²) in [6, 6.07) is 0.0772. The van der Waals surface area contributed by atoms with Gasteiger partial charge in [0.05, 0.1) is 10.7 Å². The molecule has 2 N–H and O–H groups in total. The topological polar surface area (TPSA) is 94.0 Å². The molecule has 28 heavy (non-hydrogen) atoms. The fourth-order valence-corrected chi connectivity index (χ4v) is 4.17. The number of aryl methyl sites for hydroxylation is 1. The van der Waals surface area contributed by atoms with E-state index in [9.17, 15) is 23.1 Å². The van der Waals surface area contributed by atoms with E-state index < -0.39 is 18.1 Å². The largest absolute Gasteiger partial charge is 0.490 e. The van der Waals surface area contributed by atoms with E-state index in [-0.39, 0.29) is 6.04 Å². The Morgan fingerprint density at radius 1 is 1.25 bits per heavy atom. The van der Waals surface area contributed by atoms with E-state index in [1.807, 2.05) is 12.3 Å². The van der Waals surface area contributed by atoms with Crippen LogP contribution in [0.2, 0.25) is 0 Å². The molecule has 0 aliphatic carbocycles. The highest BCUT2D eigenvalue weighted by molar-refractivity contribution is 7.09. The van der Waals surface area contributed by atoms with E-state index in [1.165, 1.54) is 12.8 Å². The zero-order valence-electron chi connectivity index (χ0n) is 15.5. The van der Waals surface area contributed by atoms with E-state index >= 15 is 0 Å². The summed E-state index contributed by atoms with van der Waals surface area (Å²) in [5.74, 6) is -3.45. The summed E-state index contributed by atoms with van der Waals surface area (Å²) in [6.07, 6.45) is -0.739. The predicted octanol–water partition coefficient (Wildman–Crippen LogP) is 2.60. The number of carbonyl (C=O) groups is 2. The molecule has 3 rings (SSSR count). The van der Waals surface area contributed by atoms with Crippen LogP contribution < -0.4 is 0 Å². The second-order valence-corrected chi connectivity index (χ2v) is 7.97. The lowest BCUT2D eigenvalue weighted by Crippen LogP contribution is -2.52. The molecule has 0 saturated carbocycles. The number of aromatic nitrogens is 1. The minimum absolute atomic E-state index is 0.369. The van der Waals surface area contributed by atoms with Crippen molar-refractivity contribution in [3.05, 3.63) is 16.1 Å². The van der Waals surface area contributed by atoms with Crippen molar-refractivity contribution in [3.8, 4) is 0 Å². The molecule has 2 unspecified atom stereocenters. The zero-order valence-corrected chi connectivity index (χ0v) is 16.3. The number of halogens is 3. The molecule has 1 aromatic heterocycles. The maximum absolute atomic E-state index is 11.6. The number of rotatable bonds is 4. The molecule has 0 spiro atoms. The summed E-state index contributed by atoms with van der Waals surface area (Å²) in [5.41, 5.74) is 1.00. The first kappa shape index (κ1) is 22.6. The molecule has 2 aliphatic heterocycles. The molecule has 158 valence electrons. The molecule has 0 amide bonds. The molecule has 7 nitrogen and oxygen atoms in total. The Labute approximate surface area is 164 Å². The van der Waals surface area contributed by atoms with Crippen molar-refractivity contribution in [2.75, 3.05) is 19.6 Å². The van der Waals surface area contributed by atoms with Gasteiger partial charge in [-0.25, -0.2) is 9.78 Å². The van der Waals surface area contributed by atoms with Gasteiger partial charge in [0.25, 0.3) is 0 Å². The molecule has 2 saturated heterocycles. The van der Waals surface area contributed by atoms with Gasteiger partial charge in [-0.2, -0.15) is 13.2 Å². The second-order valence-electron chi connectivity index (χ2n) is 6.91. The summed E-state index contributed by atoms with van der Waals surface area (Å²) in [5, 5.41) is 19.8. The lowest BCUT2D eigenvalue weighted by atomic mass is 9.95. The van der Waals surface area contributed by atoms with E-state index in [4.69, 9.17) is 9.90 Å². The summed E-state index contributed by atoms with van der Waals surface area (Å²) >= 11 is 1.63. The van der Waals surface area contributed by atoms with E-state index in [2.05, 4.69) is 14.8 Å². The Hall–Kier alpha value is -1.72. The Bertz CT molecular complexity index is 677. The highest BCUT2D eigenvalue weighted by Crippen LogP contribution is 2.26. The Morgan fingerprint density at radius 2 is 1.86 bits per heavy atom. The Balaban J connectivity index is 0.000000345. The third kappa shape index (κ3) is 6.42. The standard InChI is InChI=1S/C15H23N3O2S.C2HF3O2/c1-11-16-12(10-21-11)9-18-7-4-13(8-14(18)15(19)20)17-5-2-3-6-17;3-2(4,5)1(6)7/h10,13-14H,2-9H2,1H3,(H,19,20);(H,6,7). The van der Waals surface area contributed by atoms with Crippen molar-refractivity contribution in [3.63, 3.8) is 0 Å². The number of likely N-dealkylation sites (tertiary alicyclic amines) is 2. The van der Waals surface area contributed by atoms with Crippen molar-refractivity contribution < 1.29 is 33.0 Å². The molecule has 0 aromatic carbocycles. The zero-order chi connectivity index (χ0) is 20.9. The first-order chi connectivity index (χ1) is 13.1. The normalized spacial score (nSPS) is 23.9. The Kier molecular flexibility index (Phi) is 7.79. The third-order valence-electron chi connectivity index (χ3n) is 4.90. The number of hydrogen-bond donors (Lipinski definition) is 2. The highest BCUT2D eigenvalue weighted by atomic mass is 32.1. The van der Waals surface area contributed by atoms with Crippen LogP contribution in [0.1, 0.15) is 36.4 Å². The van der Waals surface area contributed by atoms with Crippen molar-refractivity contribution in [2.45, 2.75) is 57.4 Å². The molecule has 0 radical (unpaired) electrons. The Morgan fingerprint density at radius 3 is 2.32 bits per heavy atom. The summed E-state index contributed by atoms with van der Waals surface area (Å²) in [4.78, 5) is 29.6. The predicted molar refractivity (Wildman–Crippen MR) is 96.2 cm³/mol. The van der Waals surface area contributed by atoms with E-state index in [0.717, 1.165) is 43.2 Å². The second kappa shape index (κ2) is 9.66. The molecule has 2 atom stereocenters. The third-order valence-corrected chi connectivity index (χ3v) is 5.72. The van der Waals surface area contributed by atoms with Gasteiger partial charge < -0.3 is 15.1 Å². The number of piperidine rings is 1. The van der Waals surface area contributed by atoms with Crippen molar-refractivity contribution in [2.24, 2.45) is 0 Å². The number of carboxylic acids is 2. The summed E-state index contributed by atoms with van der Waals surface area (Å²) in [7, 11) is 0. The van der Waals surface area contributed by atoms with E-state index in [0.29, 0.717) is 12.6 Å². The van der Waals surface area contributed by atoms with Gasteiger partial charge in [-0.3, -0.25) is 9.69 Å². The van der Waals surface area contributed by atoms with Gasteiger partial charge in [-0.1, -0.05) is 0 Å². The fourth-order valence-electron chi connectivity index (χ4n) is 3.57. The summed E-state index contributed by atoms with van der Waals surface area (Å²) < 4.78 is 31.7. The number of hydrogen-bond acceptors (Lipinski definition) is 6. The minimum atomic E-state index is -5.08. The lowest BCUT2D eigenvalue weighted by Gasteiger charge is -2.40.